The molecule has 5 heteroatoms. The highest BCUT2D eigenvalue weighted by Gasteiger charge is 2.22. The van der Waals surface area contributed by atoms with Crippen molar-refractivity contribution < 1.29 is 9.53 Å². The van der Waals surface area contributed by atoms with Gasteiger partial charge in [-0.1, -0.05) is 55.8 Å². The molecule has 0 saturated carbocycles. The molecule has 0 fully saturated rings. The number of benzene rings is 3. The van der Waals surface area contributed by atoms with Gasteiger partial charge in [-0.2, -0.15) is 5.10 Å². The van der Waals surface area contributed by atoms with Crippen LogP contribution in [0.1, 0.15) is 47.8 Å². The normalized spacial score (nSPS) is 12.3. The van der Waals surface area contributed by atoms with E-state index in [1.54, 1.807) is 7.11 Å². The predicted molar refractivity (Wildman–Crippen MR) is 131 cm³/mol. The Kier molecular flexibility index (Phi) is 6.33. The highest BCUT2D eigenvalue weighted by atomic mass is 35.5. The van der Waals surface area contributed by atoms with E-state index in [0.717, 1.165) is 56.6 Å². The molecule has 0 spiro atoms. The van der Waals surface area contributed by atoms with E-state index in [1.807, 2.05) is 48.7 Å². The zero-order chi connectivity index (χ0) is 22.8. The van der Waals surface area contributed by atoms with E-state index in [1.165, 1.54) is 0 Å². The van der Waals surface area contributed by atoms with Crippen LogP contribution in [0.25, 0.3) is 22.0 Å². The lowest BCUT2D eigenvalue weighted by Crippen LogP contribution is -2.14. The Balaban J connectivity index is 1.86. The Hall–Kier alpha value is -3.11. The van der Waals surface area contributed by atoms with Crippen molar-refractivity contribution in [1.82, 2.24) is 9.78 Å². The Bertz CT molecular complexity index is 1260. The molecule has 1 aromatic heterocycles. The van der Waals surface area contributed by atoms with Crippen LogP contribution >= 0.6 is 11.6 Å². The SMILES string of the molecule is COc1c(-c2ccc(Cl)cc2C)ccc2c1cnn2C(CC(C)C)c1ccc(C=O)cc1. The minimum absolute atomic E-state index is 0.0565. The van der Waals surface area contributed by atoms with E-state index >= 15 is 0 Å². The third kappa shape index (κ3) is 4.15. The zero-order valence-corrected chi connectivity index (χ0v) is 19.6. The molecule has 0 aliphatic rings. The van der Waals surface area contributed by atoms with Crippen LogP contribution in [0.15, 0.2) is 60.8 Å². The highest BCUT2D eigenvalue weighted by Crippen LogP contribution is 2.40. The van der Waals surface area contributed by atoms with Crippen molar-refractivity contribution in [3.8, 4) is 16.9 Å². The van der Waals surface area contributed by atoms with Gasteiger partial charge in [-0.05, 0) is 60.2 Å². The molecule has 0 saturated heterocycles. The number of ether oxygens (including phenoxy) is 1. The maximum absolute atomic E-state index is 11.1. The molecule has 32 heavy (non-hydrogen) atoms. The fourth-order valence-electron chi connectivity index (χ4n) is 4.33. The molecule has 4 rings (SSSR count). The van der Waals surface area contributed by atoms with Crippen molar-refractivity contribution in [2.75, 3.05) is 7.11 Å². The summed E-state index contributed by atoms with van der Waals surface area (Å²) < 4.78 is 7.96. The lowest BCUT2D eigenvalue weighted by molar-refractivity contribution is 0.112. The summed E-state index contributed by atoms with van der Waals surface area (Å²) in [5.74, 6) is 1.28. The van der Waals surface area contributed by atoms with E-state index in [-0.39, 0.29) is 6.04 Å². The Morgan fingerprint density at radius 1 is 1.06 bits per heavy atom. The first-order valence-electron chi connectivity index (χ1n) is 10.8. The molecule has 4 aromatic rings. The average molecular weight is 447 g/mol. The Labute approximate surface area is 193 Å². The van der Waals surface area contributed by atoms with Crippen LogP contribution in [-0.2, 0) is 0 Å². The largest absolute Gasteiger partial charge is 0.495 e. The predicted octanol–water partition coefficient (Wildman–Crippen LogP) is 7.12. The smallest absolute Gasteiger partial charge is 0.150 e. The summed E-state index contributed by atoms with van der Waals surface area (Å²) in [5.41, 5.74) is 6.02. The van der Waals surface area contributed by atoms with Crippen LogP contribution in [0, 0.1) is 12.8 Å². The molecule has 3 aromatic carbocycles. The number of carbonyl (C=O) groups excluding carboxylic acids is 1. The molecule has 4 nitrogen and oxygen atoms in total. The van der Waals surface area contributed by atoms with Gasteiger partial charge in [0.1, 0.15) is 12.0 Å². The molecular formula is C27H27ClN2O2. The van der Waals surface area contributed by atoms with Crippen LogP contribution < -0.4 is 4.74 Å². The fraction of sp³-hybridized carbons (Fsp3) is 0.259. The van der Waals surface area contributed by atoms with E-state index in [4.69, 9.17) is 21.4 Å². The van der Waals surface area contributed by atoms with Crippen LogP contribution in [0.3, 0.4) is 0 Å². The molecule has 0 N–H and O–H groups in total. The lowest BCUT2D eigenvalue weighted by Gasteiger charge is -2.22. The number of aldehydes is 1. The molecule has 1 unspecified atom stereocenters. The van der Waals surface area contributed by atoms with Crippen molar-refractivity contribution in [3.63, 3.8) is 0 Å². The molecule has 0 amide bonds. The number of methoxy groups -OCH3 is 1. The zero-order valence-electron chi connectivity index (χ0n) is 18.8. The summed E-state index contributed by atoms with van der Waals surface area (Å²) in [6, 6.07) is 17.9. The molecule has 1 atom stereocenters. The van der Waals surface area contributed by atoms with Crippen molar-refractivity contribution in [2.24, 2.45) is 5.92 Å². The van der Waals surface area contributed by atoms with Crippen LogP contribution in [0.4, 0.5) is 0 Å². The molecule has 0 bridgehead atoms. The highest BCUT2D eigenvalue weighted by molar-refractivity contribution is 6.30. The van der Waals surface area contributed by atoms with Crippen molar-refractivity contribution in [1.29, 1.82) is 0 Å². The van der Waals surface area contributed by atoms with Gasteiger partial charge in [0.05, 0.1) is 30.3 Å². The minimum atomic E-state index is 0.0565. The summed E-state index contributed by atoms with van der Waals surface area (Å²) in [6.07, 6.45) is 3.68. The first kappa shape index (κ1) is 22.1. The summed E-state index contributed by atoms with van der Waals surface area (Å²) in [7, 11) is 1.70. The summed E-state index contributed by atoms with van der Waals surface area (Å²) in [4.78, 5) is 11.1. The van der Waals surface area contributed by atoms with Crippen molar-refractivity contribution in [2.45, 2.75) is 33.2 Å². The number of hydrogen-bond acceptors (Lipinski definition) is 3. The third-order valence-electron chi connectivity index (χ3n) is 5.86. The molecule has 0 radical (unpaired) electrons. The number of carbonyl (C=O) groups is 1. The minimum Gasteiger partial charge on any atom is -0.495 e. The quantitative estimate of drug-likeness (QED) is 0.284. The molecule has 1 heterocycles. The molecule has 0 aliphatic heterocycles. The number of aromatic nitrogens is 2. The number of fused-ring (bicyclic) bond motifs is 1. The van der Waals surface area contributed by atoms with Gasteiger partial charge < -0.3 is 4.74 Å². The van der Waals surface area contributed by atoms with Crippen LogP contribution in [-0.4, -0.2) is 23.2 Å². The summed E-state index contributed by atoms with van der Waals surface area (Å²) in [6.45, 7) is 6.47. The molecule has 164 valence electrons. The Morgan fingerprint density at radius 2 is 1.78 bits per heavy atom. The first-order valence-corrected chi connectivity index (χ1v) is 11.2. The van der Waals surface area contributed by atoms with E-state index in [2.05, 4.69) is 37.6 Å². The second-order valence-corrected chi connectivity index (χ2v) is 8.99. The Morgan fingerprint density at radius 3 is 2.41 bits per heavy atom. The number of halogens is 1. The van der Waals surface area contributed by atoms with Gasteiger partial charge >= 0.3 is 0 Å². The van der Waals surface area contributed by atoms with E-state index in [9.17, 15) is 4.79 Å². The number of hydrogen-bond donors (Lipinski definition) is 0. The van der Waals surface area contributed by atoms with Crippen LogP contribution in [0.5, 0.6) is 5.75 Å². The maximum atomic E-state index is 11.1. The first-order chi connectivity index (χ1) is 15.4. The van der Waals surface area contributed by atoms with Gasteiger partial charge in [0.25, 0.3) is 0 Å². The molecule has 0 aliphatic carbocycles. The number of nitrogens with zero attached hydrogens (tertiary/aromatic N) is 2. The number of rotatable bonds is 7. The monoisotopic (exact) mass is 446 g/mol. The second kappa shape index (κ2) is 9.17. The van der Waals surface area contributed by atoms with Gasteiger partial charge in [-0.3, -0.25) is 9.48 Å². The van der Waals surface area contributed by atoms with Gasteiger partial charge in [-0.25, -0.2) is 0 Å². The van der Waals surface area contributed by atoms with Crippen molar-refractivity contribution in [3.05, 3.63) is 82.5 Å². The fourth-order valence-corrected chi connectivity index (χ4v) is 4.55. The third-order valence-corrected chi connectivity index (χ3v) is 6.10. The van der Waals surface area contributed by atoms with Crippen LogP contribution in [0.2, 0.25) is 5.02 Å². The number of aryl methyl sites for hydroxylation is 1. The average Bonchev–Trinajstić information content (AvgIpc) is 3.21. The van der Waals surface area contributed by atoms with E-state index < -0.39 is 0 Å². The summed E-state index contributed by atoms with van der Waals surface area (Å²) >= 11 is 6.17. The van der Waals surface area contributed by atoms with Gasteiger partial charge in [0.15, 0.2) is 0 Å². The standard InChI is InChI=1S/C27H27ClN2O2/c1-17(2)13-26(20-7-5-19(16-31)6-8-20)30-25-12-11-23(27(32-4)24(25)15-29-30)22-10-9-21(28)14-18(22)3/h5-12,14-17,26H,13H2,1-4H3. The second-order valence-electron chi connectivity index (χ2n) is 8.56. The van der Waals surface area contributed by atoms with Crippen molar-refractivity contribution >= 4 is 28.8 Å². The van der Waals surface area contributed by atoms with Gasteiger partial charge in [0, 0.05) is 16.1 Å². The van der Waals surface area contributed by atoms with E-state index in [0.29, 0.717) is 11.5 Å². The molecular weight excluding hydrogens is 420 g/mol. The van der Waals surface area contributed by atoms with Gasteiger partial charge in [0.2, 0.25) is 0 Å². The van der Waals surface area contributed by atoms with Gasteiger partial charge in [-0.15, -0.1) is 0 Å². The maximum Gasteiger partial charge on any atom is 0.150 e. The lowest BCUT2D eigenvalue weighted by atomic mass is 9.95. The topological polar surface area (TPSA) is 44.1 Å². The summed E-state index contributed by atoms with van der Waals surface area (Å²) in [5, 5.41) is 6.48.